The maximum absolute atomic E-state index is 12.3. The average Bonchev–Trinajstić information content (AvgIpc) is 3.02. The lowest BCUT2D eigenvalue weighted by molar-refractivity contribution is -0.385. The number of hydrogen-bond donors (Lipinski definition) is 1. The second-order valence-electron chi connectivity index (χ2n) is 6.33. The highest BCUT2D eigenvalue weighted by Gasteiger charge is 2.20. The zero-order valence-electron chi connectivity index (χ0n) is 14.4. The van der Waals surface area contributed by atoms with Gasteiger partial charge in [0.1, 0.15) is 0 Å². The van der Waals surface area contributed by atoms with E-state index < -0.39 is 4.92 Å². The van der Waals surface area contributed by atoms with Crippen LogP contribution in [0.25, 0.3) is 0 Å². The number of benzene rings is 2. The number of nitro benzene ring substituents is 1. The van der Waals surface area contributed by atoms with Gasteiger partial charge in [-0.15, -0.1) is 0 Å². The SMILES string of the molecule is Cc1ccc(NC(=O)c2ccc(CN3CCCC3=O)cc2)cc1[N+](=O)[O-]. The molecule has 7 nitrogen and oxygen atoms in total. The van der Waals surface area contributed by atoms with Crippen LogP contribution in [0.15, 0.2) is 42.5 Å². The molecule has 1 fully saturated rings. The van der Waals surface area contributed by atoms with Crippen molar-refractivity contribution in [3.05, 3.63) is 69.3 Å². The maximum Gasteiger partial charge on any atom is 0.274 e. The highest BCUT2D eigenvalue weighted by molar-refractivity contribution is 6.04. The predicted octanol–water partition coefficient (Wildman–Crippen LogP) is 3.28. The monoisotopic (exact) mass is 353 g/mol. The Labute approximate surface area is 150 Å². The Kier molecular flexibility index (Phi) is 4.97. The van der Waals surface area contributed by atoms with E-state index in [-0.39, 0.29) is 17.5 Å². The Balaban J connectivity index is 1.67. The molecule has 1 N–H and O–H groups in total. The van der Waals surface area contributed by atoms with Gasteiger partial charge in [0, 0.05) is 42.4 Å². The molecule has 7 heteroatoms. The number of nitrogens with zero attached hydrogens (tertiary/aromatic N) is 2. The molecule has 2 amide bonds. The summed E-state index contributed by atoms with van der Waals surface area (Å²) < 4.78 is 0. The average molecular weight is 353 g/mol. The van der Waals surface area contributed by atoms with Crippen LogP contribution >= 0.6 is 0 Å². The minimum Gasteiger partial charge on any atom is -0.338 e. The van der Waals surface area contributed by atoms with Crippen molar-refractivity contribution in [2.45, 2.75) is 26.3 Å². The number of carbonyl (C=O) groups excluding carboxylic acids is 2. The van der Waals surface area contributed by atoms with Gasteiger partial charge in [0.25, 0.3) is 11.6 Å². The van der Waals surface area contributed by atoms with E-state index in [0.29, 0.717) is 29.8 Å². The summed E-state index contributed by atoms with van der Waals surface area (Å²) in [6.45, 7) is 2.96. The Morgan fingerprint density at radius 2 is 1.96 bits per heavy atom. The standard InChI is InChI=1S/C19H19N3O4/c1-13-4-9-16(11-17(13)22(25)26)20-19(24)15-7-5-14(6-8-15)12-21-10-2-3-18(21)23/h4-9,11H,2-3,10,12H2,1H3,(H,20,24). The topological polar surface area (TPSA) is 92.6 Å². The number of amides is 2. The van der Waals surface area contributed by atoms with E-state index in [4.69, 9.17) is 0 Å². The molecule has 0 aliphatic carbocycles. The lowest BCUT2D eigenvalue weighted by atomic mass is 10.1. The molecule has 2 aromatic carbocycles. The second kappa shape index (κ2) is 7.35. The first kappa shape index (κ1) is 17.6. The molecule has 1 aliphatic rings. The van der Waals surface area contributed by atoms with Crippen molar-refractivity contribution < 1.29 is 14.5 Å². The smallest absolute Gasteiger partial charge is 0.274 e. The maximum atomic E-state index is 12.3. The molecule has 0 saturated carbocycles. The van der Waals surface area contributed by atoms with Crippen molar-refractivity contribution in [3.63, 3.8) is 0 Å². The van der Waals surface area contributed by atoms with Gasteiger partial charge in [-0.25, -0.2) is 0 Å². The minimum absolute atomic E-state index is 0.0339. The van der Waals surface area contributed by atoms with Crippen molar-refractivity contribution in [2.24, 2.45) is 0 Å². The predicted molar refractivity (Wildman–Crippen MR) is 96.9 cm³/mol. The normalized spacial score (nSPS) is 13.7. The van der Waals surface area contributed by atoms with Crippen LogP contribution < -0.4 is 5.32 Å². The largest absolute Gasteiger partial charge is 0.338 e. The van der Waals surface area contributed by atoms with Crippen LogP contribution in [0.3, 0.4) is 0 Å². The van der Waals surface area contributed by atoms with Gasteiger partial charge in [0.2, 0.25) is 5.91 Å². The number of anilines is 1. The van der Waals surface area contributed by atoms with Gasteiger partial charge in [-0.1, -0.05) is 18.2 Å². The van der Waals surface area contributed by atoms with Crippen LogP contribution in [-0.2, 0) is 11.3 Å². The highest BCUT2D eigenvalue weighted by atomic mass is 16.6. The van der Waals surface area contributed by atoms with Crippen molar-refractivity contribution in [3.8, 4) is 0 Å². The molecule has 0 radical (unpaired) electrons. The molecule has 3 rings (SSSR count). The molecule has 26 heavy (non-hydrogen) atoms. The molecule has 1 heterocycles. The fraction of sp³-hybridized carbons (Fsp3) is 0.263. The summed E-state index contributed by atoms with van der Waals surface area (Å²) in [7, 11) is 0. The summed E-state index contributed by atoms with van der Waals surface area (Å²) in [5.41, 5.74) is 2.29. The quantitative estimate of drug-likeness (QED) is 0.659. The van der Waals surface area contributed by atoms with Gasteiger partial charge in [0.15, 0.2) is 0 Å². The van der Waals surface area contributed by atoms with E-state index in [2.05, 4.69) is 5.32 Å². The van der Waals surface area contributed by atoms with E-state index in [0.717, 1.165) is 18.5 Å². The van der Waals surface area contributed by atoms with Gasteiger partial charge in [-0.05, 0) is 37.1 Å². The van der Waals surface area contributed by atoms with Crippen LogP contribution in [0, 0.1) is 17.0 Å². The molecule has 1 aliphatic heterocycles. The molecule has 1 saturated heterocycles. The summed E-state index contributed by atoms with van der Waals surface area (Å²) in [6.07, 6.45) is 1.49. The van der Waals surface area contributed by atoms with Gasteiger partial charge >= 0.3 is 0 Å². The third-order valence-corrected chi connectivity index (χ3v) is 4.42. The van der Waals surface area contributed by atoms with Crippen LogP contribution in [0.1, 0.15) is 34.3 Å². The van der Waals surface area contributed by atoms with Crippen molar-refractivity contribution in [2.75, 3.05) is 11.9 Å². The first-order chi connectivity index (χ1) is 12.4. The van der Waals surface area contributed by atoms with E-state index in [1.165, 1.54) is 6.07 Å². The second-order valence-corrected chi connectivity index (χ2v) is 6.33. The fourth-order valence-corrected chi connectivity index (χ4v) is 2.94. The van der Waals surface area contributed by atoms with Crippen molar-refractivity contribution >= 4 is 23.2 Å². The summed E-state index contributed by atoms with van der Waals surface area (Å²) in [4.78, 5) is 36.3. The first-order valence-electron chi connectivity index (χ1n) is 8.37. The van der Waals surface area contributed by atoms with Crippen molar-refractivity contribution in [1.82, 2.24) is 4.90 Å². The Morgan fingerprint density at radius 3 is 2.58 bits per heavy atom. The molecule has 0 bridgehead atoms. The Bertz CT molecular complexity index is 862. The molecule has 0 unspecified atom stereocenters. The first-order valence-corrected chi connectivity index (χ1v) is 8.37. The Morgan fingerprint density at radius 1 is 1.23 bits per heavy atom. The lowest BCUT2D eigenvalue weighted by Gasteiger charge is -2.15. The number of carbonyl (C=O) groups is 2. The number of likely N-dealkylation sites (tertiary alicyclic amines) is 1. The molecule has 134 valence electrons. The van der Waals surface area contributed by atoms with E-state index in [1.807, 2.05) is 12.1 Å². The van der Waals surface area contributed by atoms with E-state index in [1.54, 1.807) is 36.1 Å². The molecule has 2 aromatic rings. The molecular formula is C19H19N3O4. The summed E-state index contributed by atoms with van der Waals surface area (Å²) in [5, 5.41) is 13.7. The van der Waals surface area contributed by atoms with Gasteiger partial charge < -0.3 is 10.2 Å². The Hall–Kier alpha value is -3.22. The van der Waals surface area contributed by atoms with Crippen molar-refractivity contribution in [1.29, 1.82) is 0 Å². The molecule has 0 spiro atoms. The van der Waals surface area contributed by atoms with Gasteiger partial charge in [0.05, 0.1) is 4.92 Å². The van der Waals surface area contributed by atoms with Crippen LogP contribution in [0.4, 0.5) is 11.4 Å². The summed E-state index contributed by atoms with van der Waals surface area (Å²) in [5.74, 6) is -0.181. The zero-order valence-corrected chi connectivity index (χ0v) is 14.4. The third kappa shape index (κ3) is 3.88. The number of rotatable bonds is 5. The number of hydrogen-bond acceptors (Lipinski definition) is 4. The number of nitro groups is 1. The number of aryl methyl sites for hydroxylation is 1. The van der Waals surface area contributed by atoms with Gasteiger partial charge in [-0.3, -0.25) is 19.7 Å². The highest BCUT2D eigenvalue weighted by Crippen LogP contribution is 2.23. The molecule has 0 aromatic heterocycles. The van der Waals surface area contributed by atoms with E-state index >= 15 is 0 Å². The fourth-order valence-electron chi connectivity index (χ4n) is 2.94. The number of nitrogens with one attached hydrogen (secondary N) is 1. The van der Waals surface area contributed by atoms with Crippen LogP contribution in [0.5, 0.6) is 0 Å². The minimum atomic E-state index is -0.473. The van der Waals surface area contributed by atoms with Crippen LogP contribution in [0.2, 0.25) is 0 Å². The van der Waals surface area contributed by atoms with E-state index in [9.17, 15) is 19.7 Å². The summed E-state index contributed by atoms with van der Waals surface area (Å²) in [6, 6.07) is 11.6. The van der Waals surface area contributed by atoms with Gasteiger partial charge in [-0.2, -0.15) is 0 Å². The molecule has 0 atom stereocenters. The van der Waals surface area contributed by atoms with Crippen LogP contribution in [-0.4, -0.2) is 28.2 Å². The zero-order chi connectivity index (χ0) is 18.7. The third-order valence-electron chi connectivity index (χ3n) is 4.42. The lowest BCUT2D eigenvalue weighted by Crippen LogP contribution is -2.23. The summed E-state index contributed by atoms with van der Waals surface area (Å²) >= 11 is 0. The molecular weight excluding hydrogens is 334 g/mol.